The van der Waals surface area contributed by atoms with Gasteiger partial charge >= 0.3 is 88.7 Å². The first-order chi connectivity index (χ1) is 2.89. The van der Waals surface area contributed by atoms with Gasteiger partial charge < -0.3 is 9.18 Å². The molecule has 0 N–H and O–H groups in total. The van der Waals surface area contributed by atoms with Gasteiger partial charge in [-0.2, -0.15) is 0 Å². The molecule has 0 aliphatic carbocycles. The second-order valence-corrected chi connectivity index (χ2v) is 2.01. The Morgan fingerprint density at radius 2 is 1.33 bits per heavy atom. The summed E-state index contributed by atoms with van der Waals surface area (Å²) in [6.45, 7) is 2.64. The fourth-order valence-electron chi connectivity index (χ4n) is 0.875. The van der Waals surface area contributed by atoms with Crippen LogP contribution < -0.4 is 88.7 Å². The molecule has 1 aliphatic rings. The number of nitrogens with zero attached hydrogens (tertiary/aromatic N) is 1. The van der Waals surface area contributed by atoms with Gasteiger partial charge in [0.15, 0.2) is 0 Å². The summed E-state index contributed by atoms with van der Waals surface area (Å²) in [5, 5.41) is 0. The first kappa shape index (κ1) is 17.9. The van der Waals surface area contributed by atoms with Crippen molar-refractivity contribution in [3.8, 4) is 0 Å². The first-order valence-corrected chi connectivity index (χ1v) is 2.58. The van der Waals surface area contributed by atoms with Crippen LogP contribution in [0.2, 0.25) is 0 Å². The van der Waals surface area contributed by atoms with Crippen LogP contribution in [0.1, 0.15) is 17.1 Å². The van der Waals surface area contributed by atoms with E-state index in [1.54, 1.807) is 0 Å². The zero-order chi connectivity index (χ0) is 4.41. The molecule has 42 valence electrons. The fraction of sp³-hybridized carbons (Fsp3) is 1.00. The van der Waals surface area contributed by atoms with Crippen molar-refractivity contribution in [1.82, 2.24) is 4.90 Å². The van der Waals surface area contributed by atoms with Gasteiger partial charge in [-0.05, 0) is 33.0 Å². The maximum atomic E-state index is 2.36. The number of likely N-dealkylation sites (tertiary alicyclic amines) is 1. The molecule has 0 aromatic heterocycles. The average Bonchev–Trinajstić information content (AvgIpc) is 1.86. The Hall–Kier alpha value is 2.96. The van der Waals surface area contributed by atoms with Crippen LogP contribution in [0.3, 0.4) is 0 Å². The number of rotatable bonds is 0. The van der Waals surface area contributed by atoms with Gasteiger partial charge in [-0.3, -0.25) is 0 Å². The third kappa shape index (κ3) is 8.87. The largest absolute Gasteiger partial charge is 1.00 e. The molecule has 0 saturated carbocycles. The van der Waals surface area contributed by atoms with Crippen LogP contribution in [0.25, 0.3) is 0 Å². The van der Waals surface area contributed by atoms with E-state index >= 15 is 0 Å². The minimum atomic E-state index is 0. The fourth-order valence-corrected chi connectivity index (χ4v) is 0.875. The quantitative estimate of drug-likeness (QED) is 0.316. The van der Waals surface area contributed by atoms with Crippen molar-refractivity contribution in [1.29, 1.82) is 0 Å². The monoisotopic (exact) mass is 157 g/mol. The van der Waals surface area contributed by atoms with Crippen molar-refractivity contribution in [3.05, 3.63) is 0 Å². The maximum absolute atomic E-state index is 2.36. The standard InChI is InChI=1S/C5H11N.3Na.3H/c1-6-4-2-3-5-6;;;;;;/h2-5H2,1H3;;;;;;/q;3*+1;3*-1. The Kier molecular flexibility index (Phi) is 21.8. The van der Waals surface area contributed by atoms with E-state index in [1.807, 2.05) is 0 Å². The van der Waals surface area contributed by atoms with Crippen molar-refractivity contribution < 1.29 is 93.0 Å². The van der Waals surface area contributed by atoms with Crippen LogP contribution in [0.15, 0.2) is 0 Å². The predicted octanol–water partition coefficient (Wildman–Crippen LogP) is -7.94. The van der Waals surface area contributed by atoms with Gasteiger partial charge in [0.1, 0.15) is 0 Å². The van der Waals surface area contributed by atoms with E-state index in [4.69, 9.17) is 0 Å². The van der Waals surface area contributed by atoms with Gasteiger partial charge in [0.05, 0.1) is 0 Å². The third-order valence-electron chi connectivity index (χ3n) is 1.33. The summed E-state index contributed by atoms with van der Waals surface area (Å²) >= 11 is 0. The van der Waals surface area contributed by atoms with Crippen LogP contribution in [-0.4, -0.2) is 25.0 Å². The molecule has 1 aliphatic heterocycles. The minimum absolute atomic E-state index is 0. The van der Waals surface area contributed by atoms with Crippen molar-refractivity contribution in [2.24, 2.45) is 0 Å². The van der Waals surface area contributed by atoms with Crippen molar-refractivity contribution in [3.63, 3.8) is 0 Å². The molecule has 1 heterocycles. The molecule has 0 radical (unpaired) electrons. The normalized spacial score (nSPS) is 17.0. The first-order valence-electron chi connectivity index (χ1n) is 2.58. The van der Waals surface area contributed by atoms with Crippen molar-refractivity contribution in [2.45, 2.75) is 12.8 Å². The maximum Gasteiger partial charge on any atom is 1.00 e. The Bertz CT molecular complexity index is 55.2. The molecule has 0 atom stereocenters. The molecule has 1 fully saturated rings. The molecule has 1 rings (SSSR count). The molecular formula is C5H14NNa3. The number of hydrogen-bond acceptors (Lipinski definition) is 1. The van der Waals surface area contributed by atoms with Crippen LogP contribution in [0.4, 0.5) is 0 Å². The molecule has 0 aromatic carbocycles. The smallest absolute Gasteiger partial charge is 1.00 e. The van der Waals surface area contributed by atoms with Crippen molar-refractivity contribution in [2.75, 3.05) is 20.1 Å². The average molecular weight is 157 g/mol. The predicted molar refractivity (Wildman–Crippen MR) is 30.1 cm³/mol. The van der Waals surface area contributed by atoms with E-state index in [0.717, 1.165) is 0 Å². The van der Waals surface area contributed by atoms with Crippen LogP contribution in [0.5, 0.6) is 0 Å². The summed E-state index contributed by atoms with van der Waals surface area (Å²) in [5.74, 6) is 0. The van der Waals surface area contributed by atoms with Gasteiger partial charge in [-0.15, -0.1) is 0 Å². The summed E-state index contributed by atoms with van der Waals surface area (Å²) < 4.78 is 0. The van der Waals surface area contributed by atoms with Crippen LogP contribution in [-0.2, 0) is 0 Å². The Morgan fingerprint density at radius 1 is 1.00 bits per heavy atom. The van der Waals surface area contributed by atoms with Crippen LogP contribution >= 0.6 is 0 Å². The Balaban J connectivity index is -0.0000000150. The van der Waals surface area contributed by atoms with E-state index in [0.29, 0.717) is 0 Å². The van der Waals surface area contributed by atoms with E-state index < -0.39 is 0 Å². The zero-order valence-corrected chi connectivity index (χ0v) is 13.3. The van der Waals surface area contributed by atoms with Gasteiger partial charge in [0.25, 0.3) is 0 Å². The molecule has 1 nitrogen and oxygen atoms in total. The van der Waals surface area contributed by atoms with Crippen LogP contribution in [0, 0.1) is 0 Å². The molecule has 4 heteroatoms. The second-order valence-electron chi connectivity index (χ2n) is 2.01. The van der Waals surface area contributed by atoms with Gasteiger partial charge in [-0.1, -0.05) is 0 Å². The van der Waals surface area contributed by atoms with E-state index in [-0.39, 0.29) is 93.0 Å². The topological polar surface area (TPSA) is 3.24 Å². The van der Waals surface area contributed by atoms with Gasteiger partial charge in [0.2, 0.25) is 0 Å². The van der Waals surface area contributed by atoms with E-state index in [9.17, 15) is 0 Å². The number of hydrogen-bond donors (Lipinski definition) is 0. The summed E-state index contributed by atoms with van der Waals surface area (Å²) in [4.78, 5) is 2.36. The molecule has 0 bridgehead atoms. The minimum Gasteiger partial charge on any atom is -1.00 e. The molecule has 0 aromatic rings. The molecule has 0 unspecified atom stereocenters. The third-order valence-corrected chi connectivity index (χ3v) is 1.33. The summed E-state index contributed by atoms with van der Waals surface area (Å²) in [6.07, 6.45) is 2.83. The molecule has 0 amide bonds. The second kappa shape index (κ2) is 11.0. The van der Waals surface area contributed by atoms with E-state index in [1.165, 1.54) is 25.9 Å². The van der Waals surface area contributed by atoms with Crippen molar-refractivity contribution >= 4 is 0 Å². The summed E-state index contributed by atoms with van der Waals surface area (Å²) in [6, 6.07) is 0. The Morgan fingerprint density at radius 3 is 1.44 bits per heavy atom. The molecule has 9 heavy (non-hydrogen) atoms. The summed E-state index contributed by atoms with van der Waals surface area (Å²) in [5.41, 5.74) is 0. The summed E-state index contributed by atoms with van der Waals surface area (Å²) in [7, 11) is 2.17. The molecule has 1 saturated heterocycles. The molecule has 0 spiro atoms. The SMILES string of the molecule is CN1CCCC1.[H-].[H-].[H-].[Na+].[Na+].[Na+]. The van der Waals surface area contributed by atoms with Gasteiger partial charge in [0, 0.05) is 0 Å². The zero-order valence-electron chi connectivity index (χ0n) is 10.3. The molecular weight excluding hydrogens is 143 g/mol. The van der Waals surface area contributed by atoms with E-state index in [2.05, 4.69) is 11.9 Å². The Labute approximate surface area is 129 Å². The van der Waals surface area contributed by atoms with Gasteiger partial charge in [-0.25, -0.2) is 0 Å².